The molecule has 0 bridgehead atoms. The Morgan fingerprint density at radius 3 is 2.82 bits per heavy atom. The first kappa shape index (κ1) is 18.6. The second-order valence-electron chi connectivity index (χ2n) is 7.56. The zero-order chi connectivity index (χ0) is 19.8. The fourth-order valence-corrected chi connectivity index (χ4v) is 4.03. The van der Waals surface area contributed by atoms with E-state index in [9.17, 15) is 4.79 Å². The van der Waals surface area contributed by atoms with Gasteiger partial charge in [0.2, 0.25) is 5.91 Å². The van der Waals surface area contributed by atoms with E-state index in [1.807, 2.05) is 29.5 Å². The first-order valence-electron chi connectivity index (χ1n) is 10.0. The van der Waals surface area contributed by atoms with Crippen LogP contribution in [0.25, 0.3) is 10.9 Å². The Bertz CT molecular complexity index is 1030. The summed E-state index contributed by atoms with van der Waals surface area (Å²) in [4.78, 5) is 18.3. The molecular weight excluding hydrogens is 352 g/mol. The molecule has 3 heterocycles. The normalized spacial score (nSPS) is 13.8. The second kappa shape index (κ2) is 7.34. The van der Waals surface area contributed by atoms with E-state index in [1.165, 1.54) is 16.8 Å². The molecule has 0 saturated heterocycles. The van der Waals surface area contributed by atoms with Crippen molar-refractivity contribution in [2.45, 2.75) is 53.6 Å². The molecule has 1 aromatic carbocycles. The molecule has 6 heteroatoms. The molecule has 28 heavy (non-hydrogen) atoms. The Labute approximate surface area is 165 Å². The van der Waals surface area contributed by atoms with Gasteiger partial charge in [0.15, 0.2) is 0 Å². The summed E-state index contributed by atoms with van der Waals surface area (Å²) in [6.45, 7) is 10.8. The lowest BCUT2D eigenvalue weighted by Gasteiger charge is -2.27. The van der Waals surface area contributed by atoms with Crippen LogP contribution in [0.5, 0.6) is 5.75 Å². The Balaban J connectivity index is 1.49. The van der Waals surface area contributed by atoms with Crippen molar-refractivity contribution in [2.75, 3.05) is 13.2 Å². The summed E-state index contributed by atoms with van der Waals surface area (Å²) >= 11 is 0. The lowest BCUT2D eigenvalue weighted by atomic mass is 10.0. The van der Waals surface area contributed by atoms with Crippen molar-refractivity contribution in [3.63, 3.8) is 0 Å². The number of hydrogen-bond donors (Lipinski definition) is 1. The van der Waals surface area contributed by atoms with Crippen LogP contribution in [0.15, 0.2) is 18.2 Å². The van der Waals surface area contributed by atoms with Crippen molar-refractivity contribution in [3.8, 4) is 5.75 Å². The molecule has 0 fully saturated rings. The Kier molecular flexibility index (Phi) is 4.87. The quantitative estimate of drug-likeness (QED) is 0.735. The third-order valence-corrected chi connectivity index (χ3v) is 5.89. The van der Waals surface area contributed by atoms with Crippen LogP contribution in [0.1, 0.15) is 41.6 Å². The molecule has 0 atom stereocenters. The molecule has 4 rings (SSSR count). The first-order chi connectivity index (χ1) is 13.5. The van der Waals surface area contributed by atoms with Crippen LogP contribution in [0.4, 0.5) is 0 Å². The van der Waals surface area contributed by atoms with Crippen LogP contribution in [-0.2, 0) is 24.3 Å². The molecule has 2 aromatic heterocycles. The van der Waals surface area contributed by atoms with E-state index >= 15 is 0 Å². The standard InChI is InChI=1S/C22H28N4O2/c1-5-28-17-6-7-20-18(12-17)19-13-25(10-8-21(19)23-20)22(27)9-11-26-16(4)14(2)15(3)24-26/h6-7,12,23H,5,8-11,13H2,1-4H3. The number of nitrogens with one attached hydrogen (secondary N) is 1. The molecule has 0 unspecified atom stereocenters. The Morgan fingerprint density at radius 2 is 2.11 bits per heavy atom. The smallest absolute Gasteiger partial charge is 0.224 e. The first-order valence-corrected chi connectivity index (χ1v) is 10.0. The number of ether oxygens (including phenoxy) is 1. The van der Waals surface area contributed by atoms with Crippen LogP contribution in [0.2, 0.25) is 0 Å². The number of fused-ring (bicyclic) bond motifs is 3. The number of rotatable bonds is 5. The van der Waals surface area contributed by atoms with Crippen molar-refractivity contribution in [2.24, 2.45) is 0 Å². The second-order valence-corrected chi connectivity index (χ2v) is 7.56. The number of carbonyl (C=O) groups is 1. The van der Waals surface area contributed by atoms with E-state index in [2.05, 4.69) is 36.1 Å². The topological polar surface area (TPSA) is 63.1 Å². The monoisotopic (exact) mass is 380 g/mol. The van der Waals surface area contributed by atoms with Gasteiger partial charge >= 0.3 is 0 Å². The van der Waals surface area contributed by atoms with Gasteiger partial charge in [-0.25, -0.2) is 0 Å². The molecular formula is C22H28N4O2. The van der Waals surface area contributed by atoms with Gasteiger partial charge in [0.25, 0.3) is 0 Å². The number of nitrogens with zero attached hydrogens (tertiary/aromatic N) is 3. The summed E-state index contributed by atoms with van der Waals surface area (Å²) in [5.41, 5.74) is 6.96. The molecule has 148 valence electrons. The predicted octanol–water partition coefficient (Wildman–Crippen LogP) is 3.66. The Hall–Kier alpha value is -2.76. The Morgan fingerprint density at radius 1 is 1.29 bits per heavy atom. The fourth-order valence-electron chi connectivity index (χ4n) is 4.03. The largest absolute Gasteiger partial charge is 0.494 e. The number of aromatic nitrogens is 3. The van der Waals surface area contributed by atoms with Gasteiger partial charge in [-0.1, -0.05) is 0 Å². The van der Waals surface area contributed by atoms with Gasteiger partial charge < -0.3 is 14.6 Å². The molecule has 1 aliphatic rings. The molecule has 0 aliphatic carbocycles. The average molecular weight is 380 g/mol. The van der Waals surface area contributed by atoms with Crippen molar-refractivity contribution < 1.29 is 9.53 Å². The van der Waals surface area contributed by atoms with Crippen molar-refractivity contribution in [1.82, 2.24) is 19.7 Å². The van der Waals surface area contributed by atoms with Gasteiger partial charge in [0, 0.05) is 60.3 Å². The average Bonchev–Trinajstić information content (AvgIpc) is 3.18. The fraction of sp³-hybridized carbons (Fsp3) is 0.455. The predicted molar refractivity (Wildman–Crippen MR) is 110 cm³/mol. The number of H-pyrrole nitrogens is 1. The highest BCUT2D eigenvalue weighted by atomic mass is 16.5. The van der Waals surface area contributed by atoms with Crippen LogP contribution in [-0.4, -0.2) is 38.7 Å². The lowest BCUT2D eigenvalue weighted by Crippen LogP contribution is -2.36. The lowest BCUT2D eigenvalue weighted by molar-refractivity contribution is -0.132. The van der Waals surface area contributed by atoms with E-state index in [-0.39, 0.29) is 5.91 Å². The molecule has 0 radical (unpaired) electrons. The van der Waals surface area contributed by atoms with Crippen LogP contribution < -0.4 is 4.74 Å². The van der Waals surface area contributed by atoms with Crippen LogP contribution in [0.3, 0.4) is 0 Å². The highest BCUT2D eigenvalue weighted by Crippen LogP contribution is 2.30. The third kappa shape index (κ3) is 3.28. The summed E-state index contributed by atoms with van der Waals surface area (Å²) < 4.78 is 7.61. The van der Waals surface area contributed by atoms with Gasteiger partial charge in [-0.3, -0.25) is 9.48 Å². The molecule has 0 saturated carbocycles. The molecule has 1 aliphatic heterocycles. The van der Waals surface area contributed by atoms with E-state index in [0.717, 1.165) is 41.0 Å². The summed E-state index contributed by atoms with van der Waals surface area (Å²) in [5.74, 6) is 1.06. The zero-order valence-corrected chi connectivity index (χ0v) is 17.1. The number of aromatic amines is 1. The number of amides is 1. The minimum atomic E-state index is 0.186. The molecule has 0 spiro atoms. The van der Waals surface area contributed by atoms with E-state index in [0.29, 0.717) is 26.1 Å². The van der Waals surface area contributed by atoms with Gasteiger partial charge in [-0.2, -0.15) is 5.10 Å². The molecule has 1 amide bonds. The minimum Gasteiger partial charge on any atom is -0.494 e. The minimum absolute atomic E-state index is 0.186. The van der Waals surface area contributed by atoms with E-state index in [1.54, 1.807) is 0 Å². The number of carbonyl (C=O) groups excluding carboxylic acids is 1. The van der Waals surface area contributed by atoms with Crippen molar-refractivity contribution >= 4 is 16.8 Å². The van der Waals surface area contributed by atoms with Crippen LogP contribution in [0, 0.1) is 20.8 Å². The van der Waals surface area contributed by atoms with Crippen molar-refractivity contribution in [3.05, 3.63) is 46.4 Å². The highest BCUT2D eigenvalue weighted by Gasteiger charge is 2.24. The molecule has 1 N–H and O–H groups in total. The van der Waals surface area contributed by atoms with Crippen LogP contribution >= 0.6 is 0 Å². The van der Waals surface area contributed by atoms with Gasteiger partial charge in [0.1, 0.15) is 5.75 Å². The maximum atomic E-state index is 12.9. The van der Waals surface area contributed by atoms with E-state index < -0.39 is 0 Å². The summed E-state index contributed by atoms with van der Waals surface area (Å²) in [7, 11) is 0. The van der Waals surface area contributed by atoms with Gasteiger partial charge in [-0.05, 0) is 51.5 Å². The van der Waals surface area contributed by atoms with Crippen molar-refractivity contribution in [1.29, 1.82) is 0 Å². The SMILES string of the molecule is CCOc1ccc2[nH]c3c(c2c1)CN(C(=O)CCn1nc(C)c(C)c1C)CC3. The number of hydrogen-bond acceptors (Lipinski definition) is 3. The van der Waals surface area contributed by atoms with Gasteiger partial charge in [0.05, 0.1) is 12.3 Å². The summed E-state index contributed by atoms with van der Waals surface area (Å²) in [6.07, 6.45) is 1.34. The maximum Gasteiger partial charge on any atom is 0.224 e. The maximum absolute atomic E-state index is 12.9. The molecule has 3 aromatic rings. The zero-order valence-electron chi connectivity index (χ0n) is 17.1. The summed E-state index contributed by atoms with van der Waals surface area (Å²) in [6, 6.07) is 6.14. The highest BCUT2D eigenvalue weighted by molar-refractivity contribution is 5.87. The molecule has 6 nitrogen and oxygen atoms in total. The van der Waals surface area contributed by atoms with E-state index in [4.69, 9.17) is 4.74 Å². The number of benzene rings is 1. The number of aryl methyl sites for hydroxylation is 2. The summed E-state index contributed by atoms with van der Waals surface area (Å²) in [5, 5.41) is 5.71. The third-order valence-electron chi connectivity index (χ3n) is 5.89. The van der Waals surface area contributed by atoms with Gasteiger partial charge in [-0.15, -0.1) is 0 Å².